The van der Waals surface area contributed by atoms with Crippen molar-refractivity contribution in [3.05, 3.63) is 94.3 Å². The van der Waals surface area contributed by atoms with Gasteiger partial charge in [-0.3, -0.25) is 9.59 Å². The zero-order valence-corrected chi connectivity index (χ0v) is 16.1. The Morgan fingerprint density at radius 3 is 2.38 bits per heavy atom. The van der Waals surface area contributed by atoms with E-state index in [1.165, 1.54) is 24.1 Å². The number of amides is 2. The minimum atomic E-state index is -1.13. The van der Waals surface area contributed by atoms with Gasteiger partial charge in [-0.15, -0.1) is 11.8 Å². The number of nitrogens with zero attached hydrogens (tertiary/aromatic N) is 1. The van der Waals surface area contributed by atoms with Gasteiger partial charge in [0.25, 0.3) is 11.8 Å². The Labute approximate surface area is 169 Å². The highest BCUT2D eigenvalue weighted by atomic mass is 32.2. The van der Waals surface area contributed by atoms with Crippen molar-refractivity contribution in [3.63, 3.8) is 0 Å². The Bertz CT molecular complexity index is 1120. The molecule has 2 amide bonds. The number of hydrogen-bond acceptors (Lipinski definition) is 4. The van der Waals surface area contributed by atoms with Crippen molar-refractivity contribution in [1.29, 1.82) is 0 Å². The van der Waals surface area contributed by atoms with Gasteiger partial charge in [-0.1, -0.05) is 29.8 Å². The highest BCUT2D eigenvalue weighted by molar-refractivity contribution is 8.03. The number of anilines is 1. The van der Waals surface area contributed by atoms with Gasteiger partial charge < -0.3 is 4.42 Å². The molecule has 0 unspecified atom stereocenters. The maximum atomic E-state index is 13.7. The molecule has 1 aliphatic rings. The Morgan fingerprint density at radius 2 is 1.72 bits per heavy atom. The van der Waals surface area contributed by atoms with Crippen molar-refractivity contribution in [1.82, 2.24) is 0 Å². The molecule has 4 rings (SSSR count). The molecule has 0 bridgehead atoms. The summed E-state index contributed by atoms with van der Waals surface area (Å²) in [7, 11) is 0. The summed E-state index contributed by atoms with van der Waals surface area (Å²) in [4.78, 5) is 27.4. The SMILES string of the molecule is Cc1ccc(C2=C(SCc3ccco3)C(=O)N(c3ccc(F)c(F)c3)C2=O)cc1. The van der Waals surface area contributed by atoms with E-state index in [-0.39, 0.29) is 16.2 Å². The normalized spacial score (nSPS) is 14.2. The van der Waals surface area contributed by atoms with E-state index in [9.17, 15) is 18.4 Å². The van der Waals surface area contributed by atoms with Gasteiger partial charge in [0, 0.05) is 6.07 Å². The van der Waals surface area contributed by atoms with E-state index in [0.29, 0.717) is 17.1 Å². The maximum absolute atomic E-state index is 13.7. The molecule has 1 aliphatic heterocycles. The first-order chi connectivity index (χ1) is 14.0. The molecule has 0 atom stereocenters. The molecule has 7 heteroatoms. The minimum Gasteiger partial charge on any atom is -0.468 e. The van der Waals surface area contributed by atoms with Gasteiger partial charge in [0.1, 0.15) is 5.76 Å². The third kappa shape index (κ3) is 3.61. The summed E-state index contributed by atoms with van der Waals surface area (Å²) < 4.78 is 32.4. The summed E-state index contributed by atoms with van der Waals surface area (Å²) in [5.41, 5.74) is 1.81. The molecule has 0 radical (unpaired) electrons. The van der Waals surface area contributed by atoms with E-state index >= 15 is 0 Å². The number of rotatable bonds is 5. The van der Waals surface area contributed by atoms with Gasteiger partial charge in [-0.05, 0) is 36.8 Å². The lowest BCUT2D eigenvalue weighted by Crippen LogP contribution is -2.31. The second-order valence-corrected chi connectivity index (χ2v) is 7.47. The summed E-state index contributed by atoms with van der Waals surface area (Å²) in [6.07, 6.45) is 1.53. The third-order valence-corrected chi connectivity index (χ3v) is 5.58. The molecular weight excluding hydrogens is 396 g/mol. The Morgan fingerprint density at radius 1 is 0.966 bits per heavy atom. The topological polar surface area (TPSA) is 50.5 Å². The average Bonchev–Trinajstić information content (AvgIpc) is 3.30. The van der Waals surface area contributed by atoms with E-state index in [1.54, 1.807) is 24.3 Å². The highest BCUT2D eigenvalue weighted by Crippen LogP contribution is 2.39. The number of carbonyl (C=O) groups excluding carboxylic acids is 2. The van der Waals surface area contributed by atoms with Crippen LogP contribution in [0.25, 0.3) is 5.57 Å². The van der Waals surface area contributed by atoms with Crippen LogP contribution >= 0.6 is 11.8 Å². The van der Waals surface area contributed by atoms with Crippen molar-refractivity contribution in [2.24, 2.45) is 0 Å². The van der Waals surface area contributed by atoms with Crippen molar-refractivity contribution in [2.75, 3.05) is 4.90 Å². The molecular formula is C22H15F2NO3S. The molecule has 0 saturated carbocycles. The second-order valence-electron chi connectivity index (χ2n) is 6.48. The first kappa shape index (κ1) is 19.1. The van der Waals surface area contributed by atoms with Gasteiger partial charge in [0.05, 0.1) is 28.2 Å². The number of halogens is 2. The third-order valence-electron chi connectivity index (χ3n) is 4.48. The molecule has 0 aliphatic carbocycles. The van der Waals surface area contributed by atoms with Gasteiger partial charge in [-0.25, -0.2) is 13.7 Å². The Balaban J connectivity index is 1.76. The quantitative estimate of drug-likeness (QED) is 0.549. The fraction of sp³-hybridized carbons (Fsp3) is 0.0909. The van der Waals surface area contributed by atoms with Gasteiger partial charge in [0.2, 0.25) is 0 Å². The molecule has 0 spiro atoms. The monoisotopic (exact) mass is 411 g/mol. The van der Waals surface area contributed by atoms with Crippen molar-refractivity contribution in [3.8, 4) is 0 Å². The summed E-state index contributed by atoms with van der Waals surface area (Å²) in [5, 5.41) is 0. The molecule has 29 heavy (non-hydrogen) atoms. The molecule has 3 aromatic rings. The molecule has 1 aromatic heterocycles. The average molecular weight is 411 g/mol. The van der Waals surface area contributed by atoms with E-state index < -0.39 is 23.4 Å². The summed E-state index contributed by atoms with van der Waals surface area (Å²) >= 11 is 1.17. The van der Waals surface area contributed by atoms with Crippen LogP contribution in [0.3, 0.4) is 0 Å². The molecule has 2 aromatic carbocycles. The molecule has 0 N–H and O–H groups in total. The number of aryl methyl sites for hydroxylation is 1. The smallest absolute Gasteiger partial charge is 0.272 e. The van der Waals surface area contributed by atoms with E-state index in [2.05, 4.69) is 0 Å². The lowest BCUT2D eigenvalue weighted by atomic mass is 10.0. The predicted molar refractivity (Wildman–Crippen MR) is 107 cm³/mol. The second kappa shape index (κ2) is 7.67. The number of imide groups is 1. The lowest BCUT2D eigenvalue weighted by molar-refractivity contribution is -0.119. The predicted octanol–water partition coefficient (Wildman–Crippen LogP) is 5.08. The van der Waals surface area contributed by atoms with Crippen LogP contribution in [0.15, 0.2) is 70.2 Å². The molecule has 146 valence electrons. The highest BCUT2D eigenvalue weighted by Gasteiger charge is 2.40. The van der Waals surface area contributed by atoms with Crippen LogP contribution in [0.5, 0.6) is 0 Å². The largest absolute Gasteiger partial charge is 0.468 e. The van der Waals surface area contributed by atoms with Crippen LogP contribution in [-0.4, -0.2) is 11.8 Å². The first-order valence-corrected chi connectivity index (χ1v) is 9.74. The minimum absolute atomic E-state index is 0.0166. The van der Waals surface area contributed by atoms with Crippen molar-refractivity contribution < 1.29 is 22.8 Å². The molecule has 4 nitrogen and oxygen atoms in total. The van der Waals surface area contributed by atoms with E-state index in [4.69, 9.17) is 4.42 Å². The maximum Gasteiger partial charge on any atom is 0.272 e. The number of furan rings is 1. The zero-order chi connectivity index (χ0) is 20.5. The van der Waals surface area contributed by atoms with E-state index in [0.717, 1.165) is 22.6 Å². The summed E-state index contributed by atoms with van der Waals surface area (Å²) in [6.45, 7) is 1.92. The van der Waals surface area contributed by atoms with Crippen LogP contribution in [-0.2, 0) is 15.3 Å². The zero-order valence-electron chi connectivity index (χ0n) is 15.3. The first-order valence-electron chi connectivity index (χ1n) is 8.76. The standard InChI is InChI=1S/C22H15F2NO3S/c1-13-4-6-14(7-5-13)19-20(29-12-16-3-2-10-28-16)22(27)25(21(19)26)15-8-9-17(23)18(24)11-15/h2-11H,12H2,1H3. The van der Waals surface area contributed by atoms with Crippen LogP contribution in [0, 0.1) is 18.6 Å². The number of thioether (sulfide) groups is 1. The van der Waals surface area contributed by atoms with Crippen LogP contribution in [0.2, 0.25) is 0 Å². The molecule has 0 fully saturated rings. The fourth-order valence-electron chi connectivity index (χ4n) is 3.01. The van der Waals surface area contributed by atoms with Gasteiger partial charge in [0.15, 0.2) is 11.6 Å². The Kier molecular flexibility index (Phi) is 5.07. The molecule has 2 heterocycles. The van der Waals surface area contributed by atoms with Crippen molar-refractivity contribution >= 4 is 34.8 Å². The van der Waals surface area contributed by atoms with Gasteiger partial charge >= 0.3 is 0 Å². The lowest BCUT2D eigenvalue weighted by Gasteiger charge is -2.15. The van der Waals surface area contributed by atoms with E-state index in [1.807, 2.05) is 19.1 Å². The summed E-state index contributed by atoms with van der Waals surface area (Å²) in [6, 6.07) is 13.7. The van der Waals surface area contributed by atoms with Crippen LogP contribution < -0.4 is 4.90 Å². The number of hydrogen-bond donors (Lipinski definition) is 0. The van der Waals surface area contributed by atoms with Crippen molar-refractivity contribution in [2.45, 2.75) is 12.7 Å². The van der Waals surface area contributed by atoms with Gasteiger partial charge in [-0.2, -0.15) is 0 Å². The number of benzene rings is 2. The fourth-order valence-corrected chi connectivity index (χ4v) is 4.03. The Hall–Kier alpha value is -3.19. The molecule has 0 saturated heterocycles. The van der Waals surface area contributed by atoms with Crippen LogP contribution in [0.4, 0.5) is 14.5 Å². The summed E-state index contributed by atoms with van der Waals surface area (Å²) in [5.74, 6) is -2.33. The van der Waals surface area contributed by atoms with Crippen LogP contribution in [0.1, 0.15) is 16.9 Å². The number of carbonyl (C=O) groups is 2.